The maximum absolute atomic E-state index is 13.8. The van der Waals surface area contributed by atoms with Gasteiger partial charge in [0.05, 0.1) is 34.2 Å². The molecule has 0 radical (unpaired) electrons. The molecule has 0 atom stereocenters. The van der Waals surface area contributed by atoms with Crippen molar-refractivity contribution in [2.24, 2.45) is 0 Å². The van der Waals surface area contributed by atoms with Crippen LogP contribution in [0.15, 0.2) is 30.5 Å². The minimum Gasteiger partial charge on any atom is -0.399 e. The first-order valence-corrected chi connectivity index (χ1v) is 9.06. The molecule has 3 aromatic rings. The molecule has 0 spiro atoms. The monoisotopic (exact) mass is 386 g/mol. The number of alkyl halides is 2. The van der Waals surface area contributed by atoms with Gasteiger partial charge >= 0.3 is 7.12 Å². The van der Waals surface area contributed by atoms with Gasteiger partial charge in [0.1, 0.15) is 0 Å². The summed E-state index contributed by atoms with van der Waals surface area (Å²) in [6.45, 7) is 9.54. The Hall–Kier alpha value is -2.39. The molecule has 4 rings (SSSR count). The molecule has 1 aliphatic rings. The fourth-order valence-electron chi connectivity index (χ4n) is 3.19. The third kappa shape index (κ3) is 2.98. The van der Waals surface area contributed by atoms with Crippen LogP contribution in [0, 0.1) is 6.92 Å². The first-order valence-electron chi connectivity index (χ1n) is 9.06. The average molecular weight is 386 g/mol. The zero-order chi connectivity index (χ0) is 20.3. The average Bonchev–Trinajstić information content (AvgIpc) is 3.13. The Kier molecular flexibility index (Phi) is 4.28. The fourth-order valence-corrected chi connectivity index (χ4v) is 3.19. The quantitative estimate of drug-likeness (QED) is 0.646. The third-order valence-corrected chi connectivity index (χ3v) is 5.47. The van der Waals surface area contributed by atoms with Gasteiger partial charge in [0.2, 0.25) is 0 Å². The van der Waals surface area contributed by atoms with E-state index in [4.69, 9.17) is 9.31 Å². The second-order valence-corrected chi connectivity index (χ2v) is 8.01. The number of pyridine rings is 1. The molecule has 0 aliphatic carbocycles. The Morgan fingerprint density at radius 1 is 1.11 bits per heavy atom. The van der Waals surface area contributed by atoms with Crippen molar-refractivity contribution < 1.29 is 18.1 Å². The molecule has 1 aliphatic heterocycles. The number of hydrogen-bond acceptors (Lipinski definition) is 5. The highest BCUT2D eigenvalue weighted by Crippen LogP contribution is 2.37. The lowest BCUT2D eigenvalue weighted by Crippen LogP contribution is -2.41. The van der Waals surface area contributed by atoms with E-state index < -0.39 is 24.7 Å². The minimum atomic E-state index is -2.72. The Morgan fingerprint density at radius 2 is 1.79 bits per heavy atom. The van der Waals surface area contributed by atoms with E-state index in [1.165, 1.54) is 10.7 Å². The Labute approximate surface area is 162 Å². The van der Waals surface area contributed by atoms with Crippen LogP contribution >= 0.6 is 0 Å². The van der Waals surface area contributed by atoms with Gasteiger partial charge in [-0.1, -0.05) is 17.3 Å². The van der Waals surface area contributed by atoms with E-state index in [2.05, 4.69) is 15.3 Å². The number of benzene rings is 1. The van der Waals surface area contributed by atoms with Gasteiger partial charge in [0, 0.05) is 5.39 Å². The molecular formula is C19H21BF2N4O2. The first kappa shape index (κ1) is 19.0. The Bertz CT molecular complexity index is 1040. The number of aryl methyl sites for hydroxylation is 1. The van der Waals surface area contributed by atoms with E-state index in [9.17, 15) is 8.78 Å². The maximum atomic E-state index is 13.8. The SMILES string of the molecule is Cc1cn(-c2nc3cccc(B4OC(C)(C)C(C)(C)O4)c3cc2C(F)F)nn1. The number of aromatic nitrogens is 4. The second kappa shape index (κ2) is 6.32. The molecular weight excluding hydrogens is 365 g/mol. The zero-order valence-electron chi connectivity index (χ0n) is 16.4. The van der Waals surface area contributed by atoms with Crippen LogP contribution in [0.4, 0.5) is 8.78 Å². The highest BCUT2D eigenvalue weighted by molar-refractivity contribution is 6.65. The molecule has 0 amide bonds. The number of halogens is 2. The van der Waals surface area contributed by atoms with E-state index in [-0.39, 0.29) is 11.4 Å². The summed E-state index contributed by atoms with van der Waals surface area (Å²) in [5.74, 6) is 0.0640. The summed E-state index contributed by atoms with van der Waals surface area (Å²) in [5, 5.41) is 8.34. The highest BCUT2D eigenvalue weighted by atomic mass is 19.3. The summed E-state index contributed by atoms with van der Waals surface area (Å²) in [7, 11) is -0.666. The lowest BCUT2D eigenvalue weighted by atomic mass is 9.76. The maximum Gasteiger partial charge on any atom is 0.495 e. The largest absolute Gasteiger partial charge is 0.495 e. The zero-order valence-corrected chi connectivity index (χ0v) is 16.4. The molecule has 1 saturated heterocycles. The molecule has 9 heteroatoms. The van der Waals surface area contributed by atoms with Gasteiger partial charge in [-0.3, -0.25) is 0 Å². The van der Waals surface area contributed by atoms with Gasteiger partial charge in [-0.15, -0.1) is 5.10 Å². The third-order valence-electron chi connectivity index (χ3n) is 5.47. The van der Waals surface area contributed by atoms with Crippen LogP contribution in [0.3, 0.4) is 0 Å². The van der Waals surface area contributed by atoms with E-state index in [1.54, 1.807) is 19.2 Å². The minimum absolute atomic E-state index is 0.0640. The summed E-state index contributed by atoms with van der Waals surface area (Å²) in [5.41, 5.74) is 0.565. The van der Waals surface area contributed by atoms with Crippen molar-refractivity contribution in [1.29, 1.82) is 0 Å². The molecule has 6 nitrogen and oxygen atoms in total. The molecule has 1 aromatic carbocycles. The Balaban J connectivity index is 1.88. The van der Waals surface area contributed by atoms with Gasteiger partial charge in [0.15, 0.2) is 5.82 Å². The van der Waals surface area contributed by atoms with Crippen LogP contribution in [-0.2, 0) is 9.31 Å². The number of nitrogens with zero attached hydrogens (tertiary/aromatic N) is 4. The standard InChI is InChI=1S/C19H21BF2N4O2/c1-11-10-26(25-24-11)17-13(16(21)22)9-12-14(7-6-8-15(12)23-17)20-27-18(2,3)19(4,5)28-20/h6-10,16H,1-5H3. The summed E-state index contributed by atoms with van der Waals surface area (Å²) in [4.78, 5) is 4.45. The van der Waals surface area contributed by atoms with Crippen molar-refractivity contribution >= 4 is 23.5 Å². The predicted octanol–water partition coefficient (Wildman–Crippen LogP) is 3.36. The van der Waals surface area contributed by atoms with Crippen LogP contribution in [-0.4, -0.2) is 38.3 Å². The topological polar surface area (TPSA) is 62.1 Å². The van der Waals surface area contributed by atoms with E-state index in [0.717, 1.165) is 0 Å². The highest BCUT2D eigenvalue weighted by Gasteiger charge is 2.52. The van der Waals surface area contributed by atoms with Crippen molar-refractivity contribution in [2.75, 3.05) is 0 Å². The predicted molar refractivity (Wildman–Crippen MR) is 102 cm³/mol. The number of rotatable bonds is 3. The van der Waals surface area contributed by atoms with Gasteiger partial charge in [-0.25, -0.2) is 18.4 Å². The lowest BCUT2D eigenvalue weighted by molar-refractivity contribution is 0.00578. The van der Waals surface area contributed by atoms with Crippen LogP contribution in [0.25, 0.3) is 16.7 Å². The van der Waals surface area contributed by atoms with E-state index in [1.807, 2.05) is 39.8 Å². The van der Waals surface area contributed by atoms with Crippen LogP contribution in [0.2, 0.25) is 0 Å². The Morgan fingerprint density at radius 3 is 2.36 bits per heavy atom. The molecule has 0 N–H and O–H groups in total. The van der Waals surface area contributed by atoms with Gasteiger partial charge in [-0.2, -0.15) is 0 Å². The van der Waals surface area contributed by atoms with Crippen molar-refractivity contribution in [1.82, 2.24) is 20.0 Å². The molecule has 0 saturated carbocycles. The van der Waals surface area contributed by atoms with Crippen LogP contribution < -0.4 is 5.46 Å². The van der Waals surface area contributed by atoms with E-state index >= 15 is 0 Å². The van der Waals surface area contributed by atoms with Gasteiger partial charge < -0.3 is 9.31 Å². The molecule has 0 unspecified atom stereocenters. The summed E-state index contributed by atoms with van der Waals surface area (Å²) < 4.78 is 41.2. The molecule has 2 aromatic heterocycles. The van der Waals surface area contributed by atoms with Crippen LogP contribution in [0.5, 0.6) is 0 Å². The molecule has 1 fully saturated rings. The van der Waals surface area contributed by atoms with E-state index in [0.29, 0.717) is 22.1 Å². The number of fused-ring (bicyclic) bond motifs is 1. The lowest BCUT2D eigenvalue weighted by Gasteiger charge is -2.32. The normalized spacial score (nSPS) is 18.4. The second-order valence-electron chi connectivity index (χ2n) is 8.01. The molecule has 3 heterocycles. The molecule has 0 bridgehead atoms. The van der Waals surface area contributed by atoms with Crippen LogP contribution in [0.1, 0.15) is 45.4 Å². The fraction of sp³-hybridized carbons (Fsp3) is 0.421. The van der Waals surface area contributed by atoms with Crippen molar-refractivity contribution in [3.8, 4) is 5.82 Å². The first-order chi connectivity index (χ1) is 13.1. The summed E-state index contributed by atoms with van der Waals surface area (Å²) in [6, 6.07) is 6.85. The smallest absolute Gasteiger partial charge is 0.399 e. The van der Waals surface area contributed by atoms with Crippen molar-refractivity contribution in [3.63, 3.8) is 0 Å². The van der Waals surface area contributed by atoms with Gasteiger partial charge in [-0.05, 0) is 52.2 Å². The molecule has 146 valence electrons. The van der Waals surface area contributed by atoms with Crippen molar-refractivity contribution in [2.45, 2.75) is 52.2 Å². The summed E-state index contributed by atoms with van der Waals surface area (Å²) >= 11 is 0. The van der Waals surface area contributed by atoms with Crippen molar-refractivity contribution in [3.05, 3.63) is 41.7 Å². The summed E-state index contributed by atoms with van der Waals surface area (Å²) in [6.07, 6.45) is -1.15. The molecule has 28 heavy (non-hydrogen) atoms. The number of hydrogen-bond donors (Lipinski definition) is 0. The van der Waals surface area contributed by atoms with Gasteiger partial charge in [0.25, 0.3) is 6.43 Å².